The Kier molecular flexibility index (Phi) is 7.46. The number of nitro groups is 1. The van der Waals surface area contributed by atoms with Gasteiger partial charge in [-0.25, -0.2) is 0 Å². The van der Waals surface area contributed by atoms with Crippen LogP contribution in [0.5, 0.6) is 17.2 Å². The second-order valence-corrected chi connectivity index (χ2v) is 6.66. The zero-order valence-corrected chi connectivity index (χ0v) is 16.9. The van der Waals surface area contributed by atoms with Gasteiger partial charge < -0.3 is 19.5 Å². The lowest BCUT2D eigenvalue weighted by Crippen LogP contribution is -2.16. The number of carbonyl (C=O) groups is 1. The Morgan fingerprint density at radius 1 is 1.21 bits per heavy atom. The van der Waals surface area contributed by atoms with Crippen molar-refractivity contribution in [2.45, 2.75) is 10.7 Å². The molecular formula is C17H15ClF2N2O6S. The number of halogens is 3. The molecule has 12 heteroatoms. The molecule has 0 bridgehead atoms. The molecule has 0 aromatic heterocycles. The smallest absolute Gasteiger partial charge is 0.327 e. The molecule has 2 aromatic carbocycles. The molecular weight excluding hydrogens is 434 g/mol. The number of anilines is 1. The van der Waals surface area contributed by atoms with Crippen molar-refractivity contribution in [3.05, 3.63) is 45.0 Å². The number of benzene rings is 2. The van der Waals surface area contributed by atoms with Gasteiger partial charge in [-0.05, 0) is 12.1 Å². The van der Waals surface area contributed by atoms with E-state index >= 15 is 0 Å². The highest BCUT2D eigenvalue weighted by Crippen LogP contribution is 2.46. The number of ether oxygens (including phenoxy) is 3. The van der Waals surface area contributed by atoms with Crippen LogP contribution >= 0.6 is 23.4 Å². The highest BCUT2D eigenvalue weighted by molar-refractivity contribution is 7.99. The van der Waals surface area contributed by atoms with Crippen molar-refractivity contribution in [1.82, 2.24) is 0 Å². The largest absolute Gasteiger partial charge is 0.493 e. The molecule has 0 unspecified atom stereocenters. The number of thioether (sulfide) groups is 1. The average molecular weight is 449 g/mol. The van der Waals surface area contributed by atoms with Gasteiger partial charge in [0.15, 0.2) is 5.75 Å². The van der Waals surface area contributed by atoms with Gasteiger partial charge in [0.25, 0.3) is 11.7 Å². The molecule has 29 heavy (non-hydrogen) atoms. The summed E-state index contributed by atoms with van der Waals surface area (Å²) >= 11 is 6.09. The van der Waals surface area contributed by atoms with Gasteiger partial charge in [0, 0.05) is 6.07 Å². The van der Waals surface area contributed by atoms with Crippen molar-refractivity contribution in [2.75, 3.05) is 26.6 Å². The van der Waals surface area contributed by atoms with Gasteiger partial charge >= 0.3 is 5.69 Å². The Morgan fingerprint density at radius 2 is 1.86 bits per heavy atom. The lowest BCUT2D eigenvalue weighted by molar-refractivity contribution is -0.386. The molecule has 0 heterocycles. The summed E-state index contributed by atoms with van der Waals surface area (Å²) in [6.45, 7) is 0. The van der Waals surface area contributed by atoms with Gasteiger partial charge in [-0.1, -0.05) is 29.4 Å². The minimum absolute atomic E-state index is 0.00695. The lowest BCUT2D eigenvalue weighted by Gasteiger charge is -2.16. The number of alkyl halides is 2. The summed E-state index contributed by atoms with van der Waals surface area (Å²) in [5.41, 5.74) is -1.12. The van der Waals surface area contributed by atoms with Crippen LogP contribution in [0.25, 0.3) is 0 Å². The minimum atomic E-state index is -2.79. The molecule has 1 amide bonds. The molecule has 8 nitrogen and oxygen atoms in total. The lowest BCUT2D eigenvalue weighted by atomic mass is 10.1. The van der Waals surface area contributed by atoms with Crippen LogP contribution in [0.4, 0.5) is 20.2 Å². The first-order valence-electron chi connectivity index (χ1n) is 7.77. The number of amides is 1. The van der Waals surface area contributed by atoms with Gasteiger partial charge in [0.1, 0.15) is 5.56 Å². The number of nitrogens with one attached hydrogen (secondary N) is 1. The third-order valence-corrected chi connectivity index (χ3v) is 4.93. The fourth-order valence-electron chi connectivity index (χ4n) is 2.50. The van der Waals surface area contributed by atoms with Crippen LogP contribution in [0.3, 0.4) is 0 Å². The second-order valence-electron chi connectivity index (χ2n) is 5.25. The summed E-state index contributed by atoms with van der Waals surface area (Å²) in [4.78, 5) is 23.5. The minimum Gasteiger partial charge on any atom is -0.493 e. The molecule has 0 aliphatic heterocycles. The molecule has 156 valence electrons. The third kappa shape index (κ3) is 4.80. The molecule has 0 aliphatic rings. The standard InChI is InChI=1S/C17H15ClF2N2O6S/c1-26-11-7-8(12(22(24)25)14(28-3)13(11)27-2)16(23)21-10-6-4-5-9(18)15(10)29-17(19)20/h4-7,17H,1-3H3,(H,21,23). The van der Waals surface area contributed by atoms with Crippen LogP contribution in [-0.4, -0.2) is 37.9 Å². The van der Waals surface area contributed by atoms with Gasteiger partial charge in [0.05, 0.1) is 41.9 Å². The Labute approximate surface area is 173 Å². The van der Waals surface area contributed by atoms with E-state index < -0.39 is 27.8 Å². The van der Waals surface area contributed by atoms with Crippen molar-refractivity contribution >= 4 is 40.6 Å². The number of nitrogens with zero attached hydrogens (tertiary/aromatic N) is 1. The summed E-state index contributed by atoms with van der Waals surface area (Å²) in [5.74, 6) is -4.13. The van der Waals surface area contributed by atoms with Crippen molar-refractivity contribution < 1.29 is 32.7 Å². The SMILES string of the molecule is COc1cc(C(=O)Nc2cccc(Cl)c2SC(F)F)c([N+](=O)[O-])c(OC)c1OC. The van der Waals surface area contributed by atoms with Crippen molar-refractivity contribution in [3.8, 4) is 17.2 Å². The van der Waals surface area contributed by atoms with Crippen LogP contribution in [0.1, 0.15) is 10.4 Å². The summed E-state index contributed by atoms with van der Waals surface area (Å²) in [6, 6.07) is 5.26. The molecule has 0 fully saturated rings. The van der Waals surface area contributed by atoms with Crippen LogP contribution in [0.15, 0.2) is 29.2 Å². The number of hydrogen-bond donors (Lipinski definition) is 1. The van der Waals surface area contributed by atoms with E-state index in [0.717, 1.165) is 6.07 Å². The number of hydrogen-bond acceptors (Lipinski definition) is 7. The number of rotatable bonds is 8. The summed E-state index contributed by atoms with van der Waals surface area (Å²) in [6.07, 6.45) is 0. The van der Waals surface area contributed by atoms with E-state index in [1.807, 2.05) is 0 Å². The maximum atomic E-state index is 12.8. The van der Waals surface area contributed by atoms with E-state index in [1.54, 1.807) is 0 Å². The predicted octanol–water partition coefficient (Wildman–Crippen LogP) is 4.84. The van der Waals surface area contributed by atoms with Crippen molar-refractivity contribution in [3.63, 3.8) is 0 Å². The molecule has 0 aliphatic carbocycles. The first kappa shape index (κ1) is 22.5. The maximum Gasteiger partial charge on any atom is 0.327 e. The van der Waals surface area contributed by atoms with E-state index in [-0.39, 0.29) is 44.6 Å². The quantitative estimate of drug-likeness (QED) is 0.350. The van der Waals surface area contributed by atoms with E-state index in [9.17, 15) is 23.7 Å². The fraction of sp³-hybridized carbons (Fsp3) is 0.235. The Bertz CT molecular complexity index is 945. The number of carbonyl (C=O) groups excluding carboxylic acids is 1. The Hall–Kier alpha value is -2.79. The van der Waals surface area contributed by atoms with Crippen molar-refractivity contribution in [2.24, 2.45) is 0 Å². The van der Waals surface area contributed by atoms with Gasteiger partial charge in [0.2, 0.25) is 11.5 Å². The van der Waals surface area contributed by atoms with Crippen molar-refractivity contribution in [1.29, 1.82) is 0 Å². The van der Waals surface area contributed by atoms with Gasteiger partial charge in [-0.3, -0.25) is 14.9 Å². The second kappa shape index (κ2) is 9.61. The van der Waals surface area contributed by atoms with Crippen LogP contribution in [0.2, 0.25) is 5.02 Å². The van der Waals surface area contributed by atoms with E-state index in [2.05, 4.69) is 5.32 Å². The predicted molar refractivity (Wildman–Crippen MR) is 104 cm³/mol. The molecule has 0 saturated carbocycles. The summed E-state index contributed by atoms with van der Waals surface area (Å²) < 4.78 is 41.0. The molecule has 0 radical (unpaired) electrons. The molecule has 2 rings (SSSR count). The van der Waals surface area contributed by atoms with Gasteiger partial charge in [-0.2, -0.15) is 8.78 Å². The topological polar surface area (TPSA) is 99.9 Å². The highest BCUT2D eigenvalue weighted by atomic mass is 35.5. The zero-order chi connectivity index (χ0) is 21.7. The summed E-state index contributed by atoms with van der Waals surface area (Å²) in [5, 5.41) is 14.0. The zero-order valence-electron chi connectivity index (χ0n) is 15.3. The highest BCUT2D eigenvalue weighted by Gasteiger charge is 2.33. The number of nitro benzene ring substituents is 1. The molecule has 0 saturated heterocycles. The van der Waals surface area contributed by atoms with E-state index in [0.29, 0.717) is 0 Å². The van der Waals surface area contributed by atoms with Crippen LogP contribution < -0.4 is 19.5 Å². The first-order chi connectivity index (χ1) is 13.7. The van der Waals surface area contributed by atoms with Crippen LogP contribution in [-0.2, 0) is 0 Å². The molecule has 2 aromatic rings. The third-order valence-electron chi connectivity index (χ3n) is 3.65. The van der Waals surface area contributed by atoms with E-state index in [4.69, 9.17) is 25.8 Å². The first-order valence-corrected chi connectivity index (χ1v) is 9.02. The maximum absolute atomic E-state index is 12.8. The molecule has 1 N–H and O–H groups in total. The summed E-state index contributed by atoms with van der Waals surface area (Å²) in [7, 11) is 3.70. The fourth-order valence-corrected chi connectivity index (χ4v) is 3.41. The van der Waals surface area contributed by atoms with Gasteiger partial charge in [-0.15, -0.1) is 0 Å². The average Bonchev–Trinajstić information content (AvgIpc) is 2.68. The normalized spacial score (nSPS) is 10.6. The monoisotopic (exact) mass is 448 g/mol. The Morgan fingerprint density at radius 3 is 2.38 bits per heavy atom. The molecule has 0 spiro atoms. The molecule has 0 atom stereocenters. The van der Waals surface area contributed by atoms with E-state index in [1.165, 1.54) is 39.5 Å². The number of methoxy groups -OCH3 is 3. The Balaban J connectivity index is 2.60. The van der Waals surface area contributed by atoms with Crippen LogP contribution in [0, 0.1) is 10.1 Å².